The van der Waals surface area contributed by atoms with Crippen molar-refractivity contribution in [2.45, 2.75) is 0 Å². The molecule has 0 saturated carbocycles. The number of hydrogen-bond acceptors (Lipinski definition) is 4. The van der Waals surface area contributed by atoms with E-state index in [0.717, 1.165) is 55.6 Å². The molecule has 7 nitrogen and oxygen atoms in total. The second-order valence-electron chi connectivity index (χ2n) is 12.3. The highest BCUT2D eigenvalue weighted by Gasteiger charge is 2.32. The van der Waals surface area contributed by atoms with Crippen molar-refractivity contribution in [3.05, 3.63) is 173 Å². The normalized spacial score (nSPS) is 12.2. The maximum atomic E-state index is 14.4. The van der Waals surface area contributed by atoms with Gasteiger partial charge in [-0.05, 0) is 58.7 Å². The Morgan fingerprint density at radius 2 is 0.824 bits per heavy atom. The smallest absolute Gasteiger partial charge is 0.405 e. The zero-order valence-electron chi connectivity index (χ0n) is 27.2. The van der Waals surface area contributed by atoms with Gasteiger partial charge in [0.2, 0.25) is 5.39 Å². The van der Waals surface area contributed by atoms with E-state index in [9.17, 15) is 10.5 Å². The summed E-state index contributed by atoms with van der Waals surface area (Å²) in [6.07, 6.45) is 3.92. The Labute approximate surface area is 293 Å². The van der Waals surface area contributed by atoms with Crippen molar-refractivity contribution in [1.29, 1.82) is 5.39 Å². The molecule has 0 saturated heterocycles. The van der Waals surface area contributed by atoms with Gasteiger partial charge in [-0.15, -0.1) is 0 Å². The molecule has 0 amide bonds. The Kier molecular flexibility index (Phi) is 7.19. The highest BCUT2D eigenvalue weighted by atomic mass is 16.3. The lowest BCUT2D eigenvalue weighted by atomic mass is 10.0. The van der Waals surface area contributed by atoms with E-state index in [4.69, 9.17) is 9.97 Å². The molecular weight excluding hydrogens is 629 g/mol. The molecule has 51 heavy (non-hydrogen) atoms. The largest absolute Gasteiger partial charge is 0.865 e. The van der Waals surface area contributed by atoms with Crippen molar-refractivity contribution in [2.75, 3.05) is 0 Å². The first-order chi connectivity index (χ1) is 25.2. The van der Waals surface area contributed by atoms with E-state index in [0.29, 0.717) is 22.3 Å². The van der Waals surface area contributed by atoms with Crippen LogP contribution in [-0.2, 0) is 0 Å². The molecule has 2 aliphatic rings. The molecule has 2 N–H and O–H groups in total. The average Bonchev–Trinajstić information content (AvgIpc) is 4.01. The molecule has 0 unspecified atom stereocenters. The first kappa shape index (κ1) is 29.8. The quantitative estimate of drug-likeness (QED) is 0.184. The van der Waals surface area contributed by atoms with E-state index < -0.39 is 5.76 Å². The number of diazo groups is 1. The number of rotatable bonds is 4. The lowest BCUT2D eigenvalue weighted by molar-refractivity contribution is -0.242. The van der Waals surface area contributed by atoms with Crippen LogP contribution >= 0.6 is 0 Å². The van der Waals surface area contributed by atoms with E-state index in [1.54, 1.807) is 0 Å². The number of H-pyrrole nitrogens is 2. The lowest BCUT2D eigenvalue weighted by Gasteiger charge is -2.09. The van der Waals surface area contributed by atoms with E-state index in [1.807, 2.05) is 121 Å². The van der Waals surface area contributed by atoms with Gasteiger partial charge in [0.1, 0.15) is 0 Å². The monoisotopic (exact) mass is 656 g/mol. The van der Waals surface area contributed by atoms with Crippen LogP contribution in [0.25, 0.3) is 95.2 Å². The summed E-state index contributed by atoms with van der Waals surface area (Å²) in [5.41, 5.74) is 11.6. The maximum Gasteiger partial charge on any atom is 0.405 e. The Morgan fingerprint density at radius 3 is 1.31 bits per heavy atom. The number of nitrogens with zero attached hydrogens (tertiary/aromatic N) is 4. The molecule has 3 aromatic heterocycles. The predicted molar refractivity (Wildman–Crippen MR) is 204 cm³/mol. The number of aromatic nitrogens is 4. The fourth-order valence-electron chi connectivity index (χ4n) is 7.03. The SMILES string of the molecule is N#[N+]C1=C([O-])c2nc1c(-c1ccccc1)c1nc(c(-c3ccccc3)c3ccc([nH]3)c(-c3ccccc3)c3ccc([nH]3)c2-c2ccccc2)C=C1. The number of nitrogens with one attached hydrogen (secondary N) is 2. The van der Waals surface area contributed by atoms with E-state index >= 15 is 0 Å². The minimum Gasteiger partial charge on any atom is -0.865 e. The highest BCUT2D eigenvalue weighted by Crippen LogP contribution is 2.42. The topological polar surface area (TPSA) is 109 Å². The van der Waals surface area contributed by atoms with Crippen LogP contribution in [0.1, 0.15) is 22.8 Å². The summed E-state index contributed by atoms with van der Waals surface area (Å²) in [5, 5.41) is 24.8. The highest BCUT2D eigenvalue weighted by molar-refractivity contribution is 6.04. The first-order valence-corrected chi connectivity index (χ1v) is 16.6. The van der Waals surface area contributed by atoms with Crippen LogP contribution in [0.4, 0.5) is 0 Å². The summed E-state index contributed by atoms with van der Waals surface area (Å²) in [6.45, 7) is 0. The van der Waals surface area contributed by atoms with Crippen LogP contribution < -0.4 is 5.11 Å². The minimum absolute atomic E-state index is 0.143. The zero-order chi connectivity index (χ0) is 34.3. The summed E-state index contributed by atoms with van der Waals surface area (Å²) < 4.78 is 0. The minimum atomic E-state index is -0.482. The van der Waals surface area contributed by atoms with Gasteiger partial charge in [0, 0.05) is 50.1 Å². The summed E-state index contributed by atoms with van der Waals surface area (Å²) >= 11 is 0. The molecule has 240 valence electrons. The zero-order valence-corrected chi connectivity index (χ0v) is 27.2. The van der Waals surface area contributed by atoms with Gasteiger partial charge in [-0.2, -0.15) is 0 Å². The van der Waals surface area contributed by atoms with Gasteiger partial charge in [0.05, 0.1) is 17.1 Å². The molecule has 2 aliphatic heterocycles. The van der Waals surface area contributed by atoms with Crippen LogP contribution in [0.3, 0.4) is 0 Å². The number of aromatic amines is 2. The molecule has 0 fully saturated rings. The molecule has 0 aliphatic carbocycles. The van der Waals surface area contributed by atoms with Gasteiger partial charge < -0.3 is 15.1 Å². The van der Waals surface area contributed by atoms with Gasteiger partial charge in [-0.25, -0.2) is 9.97 Å². The summed E-state index contributed by atoms with van der Waals surface area (Å²) in [4.78, 5) is 21.2. The Balaban J connectivity index is 1.53. The second-order valence-corrected chi connectivity index (χ2v) is 12.3. The van der Waals surface area contributed by atoms with Gasteiger partial charge in [0.15, 0.2) is 10.7 Å². The van der Waals surface area contributed by atoms with Crippen LogP contribution in [0.2, 0.25) is 0 Å². The van der Waals surface area contributed by atoms with Crippen LogP contribution in [0, 0.1) is 5.39 Å². The standard InChI is InChI=1S/C44H28N6O/c45-50-43-41-39(29-17-9-3-10-18-29)35-25-23-33(47-35)37(27-13-5-1-6-14-27)31-21-22-32(46-31)38(28-15-7-2-8-16-28)34-24-26-36(48-34)40(42(49-41)44(43)51)30-19-11-4-12-20-30/h1-26,45H,(H,46,47,48,49,51). The Hall–Kier alpha value is -7.30. The molecule has 9 rings (SSSR count). The summed E-state index contributed by atoms with van der Waals surface area (Å²) in [5.74, 6) is -0.482. The van der Waals surface area contributed by atoms with Crippen LogP contribution in [0.5, 0.6) is 0 Å². The van der Waals surface area contributed by atoms with Gasteiger partial charge in [0.25, 0.3) is 0 Å². The van der Waals surface area contributed by atoms with Crippen LogP contribution in [0.15, 0.2) is 146 Å². The first-order valence-electron chi connectivity index (χ1n) is 16.6. The molecule has 7 aromatic rings. The van der Waals surface area contributed by atoms with Crippen molar-refractivity contribution in [3.8, 4) is 44.5 Å². The summed E-state index contributed by atoms with van der Waals surface area (Å²) in [6, 6.07) is 47.9. The molecule has 7 heteroatoms. The third kappa shape index (κ3) is 5.11. The van der Waals surface area contributed by atoms with Crippen LogP contribution in [-0.4, -0.2) is 19.9 Å². The molecule has 8 bridgehead atoms. The van der Waals surface area contributed by atoms with Crippen molar-refractivity contribution >= 4 is 45.7 Å². The fourth-order valence-corrected chi connectivity index (χ4v) is 7.03. The van der Waals surface area contributed by atoms with Gasteiger partial charge in [-0.3, -0.25) is 0 Å². The third-order valence-electron chi connectivity index (χ3n) is 9.30. The maximum absolute atomic E-state index is 14.4. The number of fused-ring (bicyclic) bond motifs is 8. The van der Waals surface area contributed by atoms with Crippen molar-refractivity contribution in [1.82, 2.24) is 19.9 Å². The molecule has 0 atom stereocenters. The Morgan fingerprint density at radius 1 is 0.431 bits per heavy atom. The fraction of sp³-hybridized carbons (Fsp3) is 0. The lowest BCUT2D eigenvalue weighted by Crippen LogP contribution is -2.03. The van der Waals surface area contributed by atoms with Gasteiger partial charge in [-0.1, -0.05) is 121 Å². The predicted octanol–water partition coefficient (Wildman–Crippen LogP) is 10.2. The second kappa shape index (κ2) is 12.3. The average molecular weight is 657 g/mol. The van der Waals surface area contributed by atoms with Gasteiger partial charge >= 0.3 is 5.70 Å². The van der Waals surface area contributed by atoms with Crippen molar-refractivity contribution < 1.29 is 5.11 Å². The summed E-state index contributed by atoms with van der Waals surface area (Å²) in [7, 11) is 0. The van der Waals surface area contributed by atoms with E-state index in [-0.39, 0.29) is 17.1 Å². The molecule has 0 radical (unpaired) electrons. The van der Waals surface area contributed by atoms with E-state index in [2.05, 4.69) is 51.3 Å². The Bertz CT molecular complexity index is 2740. The number of benzene rings is 4. The molecule has 4 aromatic carbocycles. The van der Waals surface area contributed by atoms with Crippen molar-refractivity contribution in [2.24, 2.45) is 0 Å². The van der Waals surface area contributed by atoms with Crippen molar-refractivity contribution in [3.63, 3.8) is 0 Å². The number of hydrogen-bond donors (Lipinski definition) is 2. The van der Waals surface area contributed by atoms with E-state index in [1.165, 1.54) is 0 Å². The molecule has 5 heterocycles. The molecular formula is C44H28N6O. The third-order valence-corrected chi connectivity index (χ3v) is 9.30. The molecule has 0 spiro atoms.